The van der Waals surface area contributed by atoms with Crippen molar-refractivity contribution in [1.82, 2.24) is 5.32 Å². The average molecular weight is 242 g/mol. The number of carbonyl (C=O) groups is 1. The number of benzene rings is 1. The highest BCUT2D eigenvalue weighted by atomic mass is 35.5. The second kappa shape index (κ2) is 6.63. The molecule has 0 aliphatic heterocycles. The summed E-state index contributed by atoms with van der Waals surface area (Å²) in [6.45, 7) is 2.68. The number of halogens is 1. The highest BCUT2D eigenvalue weighted by Gasteiger charge is 2.15. The van der Waals surface area contributed by atoms with E-state index < -0.39 is 0 Å². The Balaban J connectivity index is 2.69. The Hall–Kier alpha value is -0.900. The molecule has 0 saturated heterocycles. The van der Waals surface area contributed by atoms with Crippen LogP contribution in [-0.2, 0) is 4.79 Å². The monoisotopic (exact) mass is 241 g/mol. The quantitative estimate of drug-likeness (QED) is 0.744. The fraction of sp³-hybridized carbons (Fsp3) is 0.417. The lowest BCUT2D eigenvalue weighted by molar-refractivity contribution is -0.118. The Bertz CT molecular complexity index is 337. The predicted octanol–water partition coefficient (Wildman–Crippen LogP) is 1.59. The lowest BCUT2D eigenvalue weighted by atomic mass is 9.95. The standard InChI is InChI=1S/C12H16ClNO2/c1-9(16)12(8-14-6-7-15)10-2-4-11(13)5-3-10/h2-5,12,14-15H,6-8H2,1H3. The molecule has 1 rings (SSSR count). The molecule has 0 saturated carbocycles. The molecule has 0 radical (unpaired) electrons. The van der Waals surface area contributed by atoms with Gasteiger partial charge in [-0.05, 0) is 24.6 Å². The molecular weight excluding hydrogens is 226 g/mol. The molecule has 0 bridgehead atoms. The van der Waals surface area contributed by atoms with Crippen LogP contribution in [0.3, 0.4) is 0 Å². The molecule has 16 heavy (non-hydrogen) atoms. The average Bonchev–Trinajstić information content (AvgIpc) is 2.26. The first-order valence-corrected chi connectivity index (χ1v) is 5.60. The van der Waals surface area contributed by atoms with Crippen LogP contribution in [-0.4, -0.2) is 30.6 Å². The van der Waals surface area contributed by atoms with Crippen molar-refractivity contribution in [3.63, 3.8) is 0 Å². The van der Waals surface area contributed by atoms with Crippen molar-refractivity contribution >= 4 is 17.4 Å². The van der Waals surface area contributed by atoms with E-state index in [-0.39, 0.29) is 18.3 Å². The van der Waals surface area contributed by atoms with E-state index in [4.69, 9.17) is 16.7 Å². The first-order chi connectivity index (χ1) is 7.65. The minimum absolute atomic E-state index is 0.0746. The molecule has 0 fully saturated rings. The Morgan fingerprint density at radius 3 is 2.56 bits per heavy atom. The van der Waals surface area contributed by atoms with E-state index >= 15 is 0 Å². The number of hydrogen-bond donors (Lipinski definition) is 2. The number of nitrogens with one attached hydrogen (secondary N) is 1. The number of ketones is 1. The smallest absolute Gasteiger partial charge is 0.138 e. The van der Waals surface area contributed by atoms with Crippen LogP contribution in [0.15, 0.2) is 24.3 Å². The first-order valence-electron chi connectivity index (χ1n) is 5.22. The number of Topliss-reactive ketones (excluding diaryl/α,β-unsaturated/α-hetero) is 1. The zero-order valence-electron chi connectivity index (χ0n) is 9.24. The number of hydrogen-bond acceptors (Lipinski definition) is 3. The maximum atomic E-state index is 11.5. The molecule has 0 spiro atoms. The van der Waals surface area contributed by atoms with E-state index in [0.717, 1.165) is 5.56 Å². The topological polar surface area (TPSA) is 49.3 Å². The molecule has 0 aliphatic carbocycles. The lowest BCUT2D eigenvalue weighted by Gasteiger charge is -2.14. The van der Waals surface area contributed by atoms with Crippen molar-refractivity contribution in [2.24, 2.45) is 0 Å². The molecule has 0 amide bonds. The molecule has 3 nitrogen and oxygen atoms in total. The molecule has 4 heteroatoms. The Kier molecular flexibility index (Phi) is 5.46. The maximum absolute atomic E-state index is 11.5. The van der Waals surface area contributed by atoms with Gasteiger partial charge < -0.3 is 10.4 Å². The molecular formula is C12H16ClNO2. The minimum Gasteiger partial charge on any atom is -0.395 e. The molecule has 0 aromatic heterocycles. The molecule has 0 heterocycles. The largest absolute Gasteiger partial charge is 0.395 e. The van der Waals surface area contributed by atoms with Crippen molar-refractivity contribution < 1.29 is 9.90 Å². The first kappa shape index (κ1) is 13.2. The van der Waals surface area contributed by atoms with Crippen molar-refractivity contribution in [1.29, 1.82) is 0 Å². The fourth-order valence-corrected chi connectivity index (χ4v) is 1.64. The van der Waals surface area contributed by atoms with Gasteiger partial charge in [0.25, 0.3) is 0 Å². The van der Waals surface area contributed by atoms with E-state index in [1.165, 1.54) is 0 Å². The fourth-order valence-electron chi connectivity index (χ4n) is 1.52. The number of aliphatic hydroxyl groups is 1. The minimum atomic E-state index is -0.177. The van der Waals surface area contributed by atoms with Gasteiger partial charge in [0.1, 0.15) is 5.78 Å². The number of rotatable bonds is 6. The molecule has 1 unspecified atom stereocenters. The second-order valence-corrected chi connectivity index (χ2v) is 4.08. The van der Waals surface area contributed by atoms with Gasteiger partial charge in [-0.1, -0.05) is 23.7 Å². The van der Waals surface area contributed by atoms with E-state index in [2.05, 4.69) is 5.32 Å². The van der Waals surface area contributed by atoms with Crippen LogP contribution in [0, 0.1) is 0 Å². The highest BCUT2D eigenvalue weighted by molar-refractivity contribution is 6.30. The van der Waals surface area contributed by atoms with Crippen LogP contribution >= 0.6 is 11.6 Å². The van der Waals surface area contributed by atoms with E-state index in [1.807, 2.05) is 12.1 Å². The van der Waals surface area contributed by atoms with E-state index in [0.29, 0.717) is 18.1 Å². The highest BCUT2D eigenvalue weighted by Crippen LogP contribution is 2.18. The zero-order valence-corrected chi connectivity index (χ0v) is 10.00. The summed E-state index contributed by atoms with van der Waals surface area (Å²) >= 11 is 5.79. The van der Waals surface area contributed by atoms with Gasteiger partial charge in [-0.25, -0.2) is 0 Å². The molecule has 1 aromatic rings. The van der Waals surface area contributed by atoms with E-state index in [9.17, 15) is 4.79 Å². The summed E-state index contributed by atoms with van der Waals surface area (Å²) in [4.78, 5) is 11.5. The van der Waals surface area contributed by atoms with Gasteiger partial charge in [0.2, 0.25) is 0 Å². The Morgan fingerprint density at radius 1 is 1.44 bits per heavy atom. The maximum Gasteiger partial charge on any atom is 0.138 e. The third-order valence-corrected chi connectivity index (χ3v) is 2.65. The zero-order chi connectivity index (χ0) is 12.0. The number of aliphatic hydroxyl groups excluding tert-OH is 1. The summed E-state index contributed by atoms with van der Waals surface area (Å²) in [6, 6.07) is 7.27. The SMILES string of the molecule is CC(=O)C(CNCCO)c1ccc(Cl)cc1. The van der Waals surface area contributed by atoms with Gasteiger partial charge in [-0.2, -0.15) is 0 Å². The van der Waals surface area contributed by atoms with Crippen molar-refractivity contribution in [3.05, 3.63) is 34.9 Å². The lowest BCUT2D eigenvalue weighted by Crippen LogP contribution is -2.27. The van der Waals surface area contributed by atoms with Crippen molar-refractivity contribution in [3.8, 4) is 0 Å². The van der Waals surface area contributed by atoms with Gasteiger partial charge in [0.05, 0.1) is 12.5 Å². The molecule has 2 N–H and O–H groups in total. The van der Waals surface area contributed by atoms with Gasteiger partial charge >= 0.3 is 0 Å². The Labute approximate surface area is 100 Å². The van der Waals surface area contributed by atoms with E-state index in [1.54, 1.807) is 19.1 Å². The molecule has 88 valence electrons. The van der Waals surface area contributed by atoms with Gasteiger partial charge in [-0.15, -0.1) is 0 Å². The summed E-state index contributed by atoms with van der Waals surface area (Å²) in [5.74, 6) is -0.0726. The van der Waals surface area contributed by atoms with Crippen molar-refractivity contribution in [2.45, 2.75) is 12.8 Å². The summed E-state index contributed by atoms with van der Waals surface area (Å²) in [6.07, 6.45) is 0. The third-order valence-electron chi connectivity index (χ3n) is 2.40. The van der Waals surface area contributed by atoms with Crippen LogP contribution in [0.25, 0.3) is 0 Å². The van der Waals surface area contributed by atoms with Crippen LogP contribution in [0.2, 0.25) is 5.02 Å². The van der Waals surface area contributed by atoms with Crippen LogP contribution in [0.1, 0.15) is 18.4 Å². The van der Waals surface area contributed by atoms with Crippen LogP contribution in [0.4, 0.5) is 0 Å². The summed E-state index contributed by atoms with van der Waals surface area (Å²) in [7, 11) is 0. The van der Waals surface area contributed by atoms with Gasteiger partial charge in [-0.3, -0.25) is 4.79 Å². The normalized spacial score (nSPS) is 12.4. The Morgan fingerprint density at radius 2 is 2.06 bits per heavy atom. The van der Waals surface area contributed by atoms with Gasteiger partial charge in [0.15, 0.2) is 0 Å². The summed E-state index contributed by atoms with van der Waals surface area (Å²) < 4.78 is 0. The molecule has 0 aliphatic rings. The van der Waals surface area contributed by atoms with Gasteiger partial charge in [0, 0.05) is 18.1 Å². The summed E-state index contributed by atoms with van der Waals surface area (Å²) in [5, 5.41) is 12.3. The summed E-state index contributed by atoms with van der Waals surface area (Å²) in [5.41, 5.74) is 0.947. The van der Waals surface area contributed by atoms with Crippen LogP contribution in [0.5, 0.6) is 0 Å². The predicted molar refractivity (Wildman–Crippen MR) is 64.8 cm³/mol. The molecule has 1 aromatic carbocycles. The third kappa shape index (κ3) is 3.93. The molecule has 1 atom stereocenters. The van der Waals surface area contributed by atoms with Crippen LogP contribution < -0.4 is 5.32 Å². The second-order valence-electron chi connectivity index (χ2n) is 3.64. The van der Waals surface area contributed by atoms with Crippen molar-refractivity contribution in [2.75, 3.05) is 19.7 Å². The number of carbonyl (C=O) groups excluding carboxylic acids is 1.